The van der Waals surface area contributed by atoms with Gasteiger partial charge in [0, 0.05) is 29.7 Å². The van der Waals surface area contributed by atoms with Gasteiger partial charge in [-0.15, -0.1) is 5.10 Å². The Morgan fingerprint density at radius 2 is 1.96 bits per heavy atom. The lowest BCUT2D eigenvalue weighted by molar-refractivity contribution is 0.425. The zero-order chi connectivity index (χ0) is 16.7. The van der Waals surface area contributed by atoms with Crippen LogP contribution in [0.4, 0.5) is 11.8 Å². The van der Waals surface area contributed by atoms with Crippen LogP contribution in [0.1, 0.15) is 5.56 Å². The van der Waals surface area contributed by atoms with Gasteiger partial charge in [-0.25, -0.2) is 0 Å². The first-order valence-electron chi connectivity index (χ1n) is 7.31. The van der Waals surface area contributed by atoms with Crippen molar-refractivity contribution in [2.75, 3.05) is 44.4 Å². The first-order valence-corrected chi connectivity index (χ1v) is 8.06. The molecule has 0 aliphatic heterocycles. The summed E-state index contributed by atoms with van der Waals surface area (Å²) in [6.07, 6.45) is 2.37. The third kappa shape index (κ3) is 6.17. The van der Waals surface area contributed by atoms with Gasteiger partial charge >= 0.3 is 0 Å². The summed E-state index contributed by atoms with van der Waals surface area (Å²) in [4.78, 5) is 6.45. The standard InChI is InChI=1S/C15H20Cl2N6/c1-23(2)8-7-19-15-21-14(10-20-22-15)18-6-5-11-3-4-12(16)9-13(11)17/h3-4,9-10H,5-8H2,1-2H3,(H2,18,19,21,22). The van der Waals surface area contributed by atoms with Gasteiger partial charge in [-0.3, -0.25) is 0 Å². The zero-order valence-electron chi connectivity index (χ0n) is 13.2. The largest absolute Gasteiger partial charge is 0.368 e. The molecule has 0 spiro atoms. The summed E-state index contributed by atoms with van der Waals surface area (Å²) in [5.74, 6) is 1.19. The number of nitrogens with zero attached hydrogens (tertiary/aromatic N) is 4. The van der Waals surface area contributed by atoms with E-state index >= 15 is 0 Å². The number of hydrogen-bond acceptors (Lipinski definition) is 6. The molecule has 0 bridgehead atoms. The van der Waals surface area contributed by atoms with Crippen LogP contribution in [0.15, 0.2) is 24.4 Å². The van der Waals surface area contributed by atoms with E-state index in [1.807, 2.05) is 26.2 Å². The second-order valence-electron chi connectivity index (χ2n) is 5.31. The molecule has 23 heavy (non-hydrogen) atoms. The average Bonchev–Trinajstić information content (AvgIpc) is 2.49. The van der Waals surface area contributed by atoms with E-state index in [0.717, 1.165) is 25.1 Å². The Kier molecular flexibility index (Phi) is 6.83. The molecule has 2 N–H and O–H groups in total. The Labute approximate surface area is 146 Å². The first-order chi connectivity index (χ1) is 11.0. The monoisotopic (exact) mass is 354 g/mol. The van der Waals surface area contributed by atoms with Crippen molar-refractivity contribution in [1.82, 2.24) is 20.1 Å². The van der Waals surface area contributed by atoms with E-state index in [0.29, 0.717) is 28.4 Å². The quantitative estimate of drug-likeness (QED) is 0.759. The fourth-order valence-electron chi connectivity index (χ4n) is 1.90. The molecule has 1 aromatic heterocycles. The van der Waals surface area contributed by atoms with Crippen molar-refractivity contribution in [2.24, 2.45) is 0 Å². The predicted octanol–water partition coefficient (Wildman–Crippen LogP) is 2.81. The van der Waals surface area contributed by atoms with Gasteiger partial charge in [-0.1, -0.05) is 29.3 Å². The van der Waals surface area contributed by atoms with Crippen molar-refractivity contribution in [3.63, 3.8) is 0 Å². The van der Waals surface area contributed by atoms with Gasteiger partial charge in [0.2, 0.25) is 5.95 Å². The molecule has 0 radical (unpaired) electrons. The number of halogens is 2. The fourth-order valence-corrected chi connectivity index (χ4v) is 2.41. The van der Waals surface area contributed by atoms with Gasteiger partial charge in [0.25, 0.3) is 0 Å². The molecule has 8 heteroatoms. The van der Waals surface area contributed by atoms with Crippen LogP contribution in [-0.4, -0.2) is 53.8 Å². The minimum Gasteiger partial charge on any atom is -0.368 e. The summed E-state index contributed by atoms with van der Waals surface area (Å²) in [5, 5.41) is 15.6. The van der Waals surface area contributed by atoms with Crippen molar-refractivity contribution < 1.29 is 0 Å². The first kappa shape index (κ1) is 17.7. The maximum Gasteiger partial charge on any atom is 0.244 e. The predicted molar refractivity (Wildman–Crippen MR) is 95.5 cm³/mol. The number of nitrogens with one attached hydrogen (secondary N) is 2. The molecule has 0 aliphatic rings. The van der Waals surface area contributed by atoms with E-state index in [9.17, 15) is 0 Å². The summed E-state index contributed by atoms with van der Waals surface area (Å²) < 4.78 is 0. The Morgan fingerprint density at radius 1 is 1.13 bits per heavy atom. The molecular weight excluding hydrogens is 335 g/mol. The van der Waals surface area contributed by atoms with Crippen molar-refractivity contribution in [3.05, 3.63) is 40.0 Å². The Balaban J connectivity index is 1.83. The minimum absolute atomic E-state index is 0.515. The Morgan fingerprint density at radius 3 is 2.70 bits per heavy atom. The van der Waals surface area contributed by atoms with E-state index in [-0.39, 0.29) is 0 Å². The summed E-state index contributed by atoms with van der Waals surface area (Å²) in [5.41, 5.74) is 1.04. The molecular formula is C15H20Cl2N6. The van der Waals surface area contributed by atoms with E-state index in [1.54, 1.807) is 12.3 Å². The molecule has 0 unspecified atom stereocenters. The maximum absolute atomic E-state index is 6.16. The summed E-state index contributed by atoms with van der Waals surface area (Å²) in [6.45, 7) is 2.35. The highest BCUT2D eigenvalue weighted by Crippen LogP contribution is 2.21. The van der Waals surface area contributed by atoms with Crippen LogP contribution in [0, 0.1) is 0 Å². The second kappa shape index (κ2) is 8.86. The zero-order valence-corrected chi connectivity index (χ0v) is 14.7. The highest BCUT2D eigenvalue weighted by atomic mass is 35.5. The van der Waals surface area contributed by atoms with Crippen LogP contribution in [0.25, 0.3) is 0 Å². The third-order valence-electron chi connectivity index (χ3n) is 3.12. The number of likely N-dealkylation sites (N-methyl/N-ethyl adjacent to an activating group) is 1. The molecule has 2 rings (SSSR count). The Hall–Kier alpha value is -1.63. The van der Waals surface area contributed by atoms with Crippen LogP contribution < -0.4 is 10.6 Å². The van der Waals surface area contributed by atoms with Crippen molar-refractivity contribution in [1.29, 1.82) is 0 Å². The molecule has 0 saturated carbocycles. The molecule has 0 amide bonds. The van der Waals surface area contributed by atoms with Crippen molar-refractivity contribution in [2.45, 2.75) is 6.42 Å². The van der Waals surface area contributed by atoms with E-state index in [2.05, 4.69) is 30.7 Å². The summed E-state index contributed by atoms with van der Waals surface area (Å²) in [6, 6.07) is 5.51. The molecule has 124 valence electrons. The van der Waals surface area contributed by atoms with Crippen LogP contribution in [0.2, 0.25) is 10.0 Å². The number of benzene rings is 1. The molecule has 6 nitrogen and oxygen atoms in total. The lowest BCUT2D eigenvalue weighted by Gasteiger charge is -2.11. The molecule has 0 saturated heterocycles. The summed E-state index contributed by atoms with van der Waals surface area (Å²) >= 11 is 12.0. The van der Waals surface area contributed by atoms with Gasteiger partial charge in [-0.05, 0) is 38.2 Å². The van der Waals surface area contributed by atoms with Crippen LogP contribution in [-0.2, 0) is 6.42 Å². The number of rotatable bonds is 8. The Bertz CT molecular complexity index is 635. The fraction of sp³-hybridized carbons (Fsp3) is 0.400. The van der Waals surface area contributed by atoms with Crippen LogP contribution in [0.3, 0.4) is 0 Å². The SMILES string of the molecule is CN(C)CCNc1nncc(NCCc2ccc(Cl)cc2Cl)n1. The lowest BCUT2D eigenvalue weighted by atomic mass is 10.1. The maximum atomic E-state index is 6.16. The van der Waals surface area contributed by atoms with Crippen LogP contribution in [0.5, 0.6) is 0 Å². The van der Waals surface area contributed by atoms with E-state index in [4.69, 9.17) is 23.2 Å². The van der Waals surface area contributed by atoms with Crippen molar-refractivity contribution in [3.8, 4) is 0 Å². The molecule has 1 heterocycles. The number of aromatic nitrogens is 3. The molecule has 0 aliphatic carbocycles. The van der Waals surface area contributed by atoms with Gasteiger partial charge in [-0.2, -0.15) is 10.1 Å². The average molecular weight is 355 g/mol. The number of anilines is 2. The summed E-state index contributed by atoms with van der Waals surface area (Å²) in [7, 11) is 4.03. The van der Waals surface area contributed by atoms with Crippen LogP contribution >= 0.6 is 23.2 Å². The van der Waals surface area contributed by atoms with Gasteiger partial charge in [0.05, 0.1) is 6.20 Å². The minimum atomic E-state index is 0.515. The van der Waals surface area contributed by atoms with Crippen molar-refractivity contribution >= 4 is 35.0 Å². The van der Waals surface area contributed by atoms with E-state index in [1.165, 1.54) is 0 Å². The van der Waals surface area contributed by atoms with Gasteiger partial charge < -0.3 is 15.5 Å². The molecule has 0 atom stereocenters. The normalized spacial score (nSPS) is 10.8. The highest BCUT2D eigenvalue weighted by Gasteiger charge is 2.03. The number of hydrogen-bond donors (Lipinski definition) is 2. The third-order valence-corrected chi connectivity index (χ3v) is 3.70. The lowest BCUT2D eigenvalue weighted by Crippen LogP contribution is -2.21. The molecule has 2 aromatic rings. The van der Waals surface area contributed by atoms with E-state index < -0.39 is 0 Å². The topological polar surface area (TPSA) is 66.0 Å². The highest BCUT2D eigenvalue weighted by molar-refractivity contribution is 6.35. The van der Waals surface area contributed by atoms with Gasteiger partial charge in [0.1, 0.15) is 0 Å². The van der Waals surface area contributed by atoms with Gasteiger partial charge in [0.15, 0.2) is 5.82 Å². The molecule has 0 fully saturated rings. The second-order valence-corrected chi connectivity index (χ2v) is 6.15. The smallest absolute Gasteiger partial charge is 0.244 e. The molecule has 1 aromatic carbocycles.